The third-order valence-corrected chi connectivity index (χ3v) is 6.67. The Bertz CT molecular complexity index is 1060. The molecule has 0 N–H and O–H groups in total. The molecular formula is C35H48Zr. The van der Waals surface area contributed by atoms with Crippen LogP contribution < -0.4 is 0 Å². The van der Waals surface area contributed by atoms with E-state index in [9.17, 15) is 0 Å². The first-order valence-electron chi connectivity index (χ1n) is 13.5. The van der Waals surface area contributed by atoms with Crippen molar-refractivity contribution in [3.8, 4) is 11.1 Å². The zero-order valence-corrected chi connectivity index (χ0v) is 27.5. The molecule has 0 heterocycles. The molecule has 192 valence electrons. The topological polar surface area (TPSA) is 0 Å². The van der Waals surface area contributed by atoms with Crippen LogP contribution in [0.1, 0.15) is 112 Å². The summed E-state index contributed by atoms with van der Waals surface area (Å²) in [6.45, 7) is 26.8. The molecule has 1 atom stereocenters. The fourth-order valence-electron chi connectivity index (χ4n) is 4.20. The molecule has 2 aliphatic carbocycles. The Hall–Kier alpha value is -1.33. The molecule has 0 amide bonds. The molecule has 4 rings (SSSR count). The molecule has 0 radical (unpaired) electrons. The number of fused-ring (bicyclic) bond motifs is 3. The zero-order chi connectivity index (χ0) is 27.5. The van der Waals surface area contributed by atoms with Gasteiger partial charge in [-0.2, -0.15) is 41.0 Å². The predicted molar refractivity (Wildman–Crippen MR) is 156 cm³/mol. The van der Waals surface area contributed by atoms with Gasteiger partial charge in [0.15, 0.2) is 0 Å². The van der Waals surface area contributed by atoms with Crippen LogP contribution in [0.2, 0.25) is 0 Å². The summed E-state index contributed by atoms with van der Waals surface area (Å²) < 4.78 is 1.51. The standard InChI is InChI=1S/C21H25.C11H17.C3H6.Zr/c1-20(2,3)16-9-7-14-11-15-8-10-17(21(4,5)6)13-19(15)18(14)12-16;1-5-9-6-7-10(8-9)11(2,3)4;1-3-2;/h7,9-10,12-13H,11H2,1-6H3;7-9H,5H2,1-4H3;1-2H3;/q2*-1;;+2. The minimum absolute atomic E-state index is 0.177. The second-order valence-electron chi connectivity index (χ2n) is 13.5. The van der Waals surface area contributed by atoms with Crippen LogP contribution in [0.5, 0.6) is 0 Å². The molecule has 2 aromatic rings. The number of rotatable bonds is 1. The molecule has 36 heavy (non-hydrogen) atoms. The van der Waals surface area contributed by atoms with Crippen molar-refractivity contribution in [3.63, 3.8) is 0 Å². The van der Waals surface area contributed by atoms with Gasteiger partial charge in [-0.3, -0.25) is 6.08 Å². The van der Waals surface area contributed by atoms with Crippen molar-refractivity contribution in [1.29, 1.82) is 0 Å². The van der Waals surface area contributed by atoms with Crippen molar-refractivity contribution in [1.82, 2.24) is 0 Å². The van der Waals surface area contributed by atoms with Crippen LogP contribution >= 0.6 is 0 Å². The average Bonchev–Trinajstić information content (AvgIpc) is 3.36. The summed E-state index contributed by atoms with van der Waals surface area (Å²) in [7, 11) is 0. The predicted octanol–water partition coefficient (Wildman–Crippen LogP) is 9.76. The van der Waals surface area contributed by atoms with Crippen LogP contribution in [0.25, 0.3) is 11.1 Å². The van der Waals surface area contributed by atoms with E-state index in [0.29, 0.717) is 11.3 Å². The van der Waals surface area contributed by atoms with Crippen molar-refractivity contribution in [2.75, 3.05) is 0 Å². The molecular weight excluding hydrogens is 512 g/mol. The van der Waals surface area contributed by atoms with Gasteiger partial charge in [-0.15, -0.1) is 5.56 Å². The summed E-state index contributed by atoms with van der Waals surface area (Å²) >= 11 is 1.55. The maximum atomic E-state index is 3.53. The van der Waals surface area contributed by atoms with E-state index >= 15 is 0 Å². The van der Waals surface area contributed by atoms with Crippen molar-refractivity contribution in [3.05, 3.63) is 82.5 Å². The van der Waals surface area contributed by atoms with Gasteiger partial charge in [-0.1, -0.05) is 122 Å². The van der Waals surface area contributed by atoms with E-state index in [1.165, 1.54) is 48.6 Å². The SMILES string of the molecule is CC(C)(C)c1c[c-]c2c(c1)-c1cc(C(C)(C)C)ccc1C2.CCC1[C-]=CC(C(C)(C)C)=C1.C[C](C)=[Zr+2]. The van der Waals surface area contributed by atoms with Crippen LogP contribution in [0.4, 0.5) is 0 Å². The van der Waals surface area contributed by atoms with E-state index in [1.807, 2.05) is 0 Å². The average molecular weight is 560 g/mol. The van der Waals surface area contributed by atoms with E-state index < -0.39 is 0 Å². The number of hydrogen-bond donors (Lipinski definition) is 0. The molecule has 0 saturated carbocycles. The van der Waals surface area contributed by atoms with Gasteiger partial charge in [0.1, 0.15) is 0 Å². The van der Waals surface area contributed by atoms with Gasteiger partial charge in [0.2, 0.25) is 0 Å². The van der Waals surface area contributed by atoms with Gasteiger partial charge in [-0.05, 0) is 17.4 Å². The van der Waals surface area contributed by atoms with Gasteiger partial charge in [-0.25, -0.2) is 6.08 Å². The first kappa shape index (κ1) is 30.9. The molecule has 0 fully saturated rings. The second kappa shape index (κ2) is 12.0. The quantitative estimate of drug-likeness (QED) is 0.260. The van der Waals surface area contributed by atoms with Crippen molar-refractivity contribution in [2.45, 2.75) is 107 Å². The zero-order valence-electron chi connectivity index (χ0n) is 25.0. The molecule has 0 saturated heterocycles. The van der Waals surface area contributed by atoms with Crippen molar-refractivity contribution in [2.24, 2.45) is 11.3 Å². The molecule has 0 aromatic heterocycles. The Balaban J connectivity index is 0.000000255. The molecule has 2 aromatic carbocycles. The van der Waals surface area contributed by atoms with E-state index in [1.54, 1.807) is 24.2 Å². The summed E-state index contributed by atoms with van der Waals surface area (Å²) in [6, 6.07) is 15.1. The summed E-state index contributed by atoms with van der Waals surface area (Å²) in [5, 5.41) is 0. The first-order chi connectivity index (χ1) is 16.4. The van der Waals surface area contributed by atoms with Crippen molar-refractivity contribution >= 4 is 3.21 Å². The number of hydrogen-bond acceptors (Lipinski definition) is 0. The maximum absolute atomic E-state index is 3.53. The van der Waals surface area contributed by atoms with Crippen LogP contribution in [-0.4, -0.2) is 3.21 Å². The van der Waals surface area contributed by atoms with Crippen molar-refractivity contribution < 1.29 is 24.2 Å². The van der Waals surface area contributed by atoms with Gasteiger partial charge < -0.3 is 0 Å². The molecule has 0 spiro atoms. The van der Waals surface area contributed by atoms with Crippen LogP contribution in [0, 0.1) is 23.5 Å². The van der Waals surface area contributed by atoms with Gasteiger partial charge >= 0.3 is 41.3 Å². The third kappa shape index (κ3) is 8.62. The Kier molecular flexibility index (Phi) is 10.3. The van der Waals surface area contributed by atoms with Gasteiger partial charge in [0.25, 0.3) is 0 Å². The molecule has 2 aliphatic rings. The fourth-order valence-corrected chi connectivity index (χ4v) is 4.20. The van der Waals surface area contributed by atoms with Crippen LogP contribution in [0.15, 0.2) is 48.1 Å². The third-order valence-electron chi connectivity index (χ3n) is 6.67. The molecule has 0 nitrogen and oxygen atoms in total. The summed E-state index contributed by atoms with van der Waals surface area (Å²) in [6.07, 6.45) is 10.0. The Morgan fingerprint density at radius 1 is 0.861 bits per heavy atom. The Morgan fingerprint density at radius 3 is 1.86 bits per heavy atom. The molecule has 1 unspecified atom stereocenters. The summed E-state index contributed by atoms with van der Waals surface area (Å²) in [5.41, 5.74) is 10.5. The Morgan fingerprint density at radius 2 is 1.42 bits per heavy atom. The Labute approximate surface area is 238 Å². The van der Waals surface area contributed by atoms with Gasteiger partial charge in [0, 0.05) is 0 Å². The van der Waals surface area contributed by atoms with E-state index in [-0.39, 0.29) is 10.8 Å². The number of allylic oxidation sites excluding steroid dienone is 4. The minimum atomic E-state index is 0.177. The van der Waals surface area contributed by atoms with E-state index in [2.05, 4.69) is 138 Å². The second-order valence-corrected chi connectivity index (χ2v) is 16.0. The summed E-state index contributed by atoms with van der Waals surface area (Å²) in [4.78, 5) is 0. The monoisotopic (exact) mass is 558 g/mol. The van der Waals surface area contributed by atoms with Gasteiger partial charge in [0.05, 0.1) is 0 Å². The summed E-state index contributed by atoms with van der Waals surface area (Å²) in [5.74, 6) is 0.573. The first-order valence-corrected chi connectivity index (χ1v) is 14.7. The van der Waals surface area contributed by atoms with E-state index in [4.69, 9.17) is 0 Å². The molecule has 1 heteroatoms. The molecule has 0 aliphatic heterocycles. The normalized spacial score (nSPS) is 16.3. The molecule has 0 bridgehead atoms. The fraction of sp³-hybridized carbons (Fsp3) is 0.514. The van der Waals surface area contributed by atoms with E-state index in [0.717, 1.165) is 6.42 Å². The number of benzene rings is 2. The van der Waals surface area contributed by atoms with Crippen LogP contribution in [-0.2, 0) is 41.5 Å². The van der Waals surface area contributed by atoms with Crippen LogP contribution in [0.3, 0.4) is 0 Å².